The zero-order chi connectivity index (χ0) is 23.0. The summed E-state index contributed by atoms with van der Waals surface area (Å²) in [4.78, 5) is 15.5. The Bertz CT molecular complexity index is 1040. The maximum Gasteiger partial charge on any atom is 0.226 e. The highest BCUT2D eigenvalue weighted by Gasteiger charge is 2.33. The number of hydrogen-bond acceptors (Lipinski definition) is 3. The van der Waals surface area contributed by atoms with Crippen LogP contribution in [-0.4, -0.2) is 37.0 Å². The van der Waals surface area contributed by atoms with E-state index in [9.17, 15) is 9.18 Å². The van der Waals surface area contributed by atoms with Crippen LogP contribution in [0.1, 0.15) is 30.0 Å². The van der Waals surface area contributed by atoms with Crippen molar-refractivity contribution in [1.82, 2.24) is 10.2 Å². The smallest absolute Gasteiger partial charge is 0.226 e. The molecule has 1 atom stereocenters. The molecule has 1 N–H and O–H groups in total. The normalized spacial score (nSPS) is 15.1. The lowest BCUT2D eigenvalue weighted by Crippen LogP contribution is -2.45. The van der Waals surface area contributed by atoms with Gasteiger partial charge in [-0.15, -0.1) is 0 Å². The van der Waals surface area contributed by atoms with Crippen molar-refractivity contribution in [3.05, 3.63) is 102 Å². The van der Waals surface area contributed by atoms with Gasteiger partial charge in [-0.1, -0.05) is 48.5 Å². The van der Waals surface area contributed by atoms with Crippen LogP contribution in [0.5, 0.6) is 5.75 Å². The molecule has 1 fully saturated rings. The lowest BCUT2D eigenvalue weighted by atomic mass is 9.92. The summed E-state index contributed by atoms with van der Waals surface area (Å²) in [5.41, 5.74) is 1.04. The van der Waals surface area contributed by atoms with E-state index >= 15 is 4.39 Å². The summed E-state index contributed by atoms with van der Waals surface area (Å²) in [5, 5.41) is 3.28. The lowest BCUT2D eigenvalue weighted by Gasteiger charge is -2.36. The van der Waals surface area contributed by atoms with E-state index in [1.807, 2.05) is 30.3 Å². The fourth-order valence-corrected chi connectivity index (χ4v) is 4.32. The van der Waals surface area contributed by atoms with Gasteiger partial charge in [-0.2, -0.15) is 0 Å². The highest BCUT2D eigenvalue weighted by atomic mass is 19.1. The minimum absolute atomic E-state index is 0.0364. The molecule has 1 aliphatic rings. The van der Waals surface area contributed by atoms with E-state index in [4.69, 9.17) is 4.74 Å². The van der Waals surface area contributed by atoms with Gasteiger partial charge in [0.25, 0.3) is 0 Å². The minimum Gasteiger partial charge on any atom is -0.492 e. The fourth-order valence-electron chi connectivity index (χ4n) is 4.32. The predicted molar refractivity (Wildman–Crippen MR) is 124 cm³/mol. The van der Waals surface area contributed by atoms with Gasteiger partial charge in [0.1, 0.15) is 24.0 Å². The van der Waals surface area contributed by atoms with Crippen LogP contribution in [0, 0.1) is 17.6 Å². The topological polar surface area (TPSA) is 41.6 Å². The second kappa shape index (κ2) is 11.1. The molecule has 1 saturated heterocycles. The van der Waals surface area contributed by atoms with Crippen LogP contribution in [-0.2, 0) is 4.79 Å². The van der Waals surface area contributed by atoms with Crippen molar-refractivity contribution in [3.8, 4) is 5.75 Å². The fraction of sp³-hybridized carbons (Fsp3) is 0.296. The zero-order valence-electron chi connectivity index (χ0n) is 18.4. The Hall–Kier alpha value is -3.25. The quantitative estimate of drug-likeness (QED) is 0.527. The number of para-hydroxylation sites is 1. The van der Waals surface area contributed by atoms with Crippen molar-refractivity contribution >= 4 is 5.91 Å². The van der Waals surface area contributed by atoms with Gasteiger partial charge in [-0.25, -0.2) is 8.78 Å². The molecule has 6 heteroatoms. The molecular weight excluding hydrogens is 422 g/mol. The number of nitrogens with zero attached hydrogens (tertiary/aromatic N) is 1. The van der Waals surface area contributed by atoms with Gasteiger partial charge < -0.3 is 15.0 Å². The monoisotopic (exact) mass is 450 g/mol. The van der Waals surface area contributed by atoms with Crippen molar-refractivity contribution < 1.29 is 18.3 Å². The van der Waals surface area contributed by atoms with Crippen LogP contribution >= 0.6 is 0 Å². The van der Waals surface area contributed by atoms with Crippen LogP contribution in [0.3, 0.4) is 0 Å². The summed E-state index contributed by atoms with van der Waals surface area (Å²) in [7, 11) is 0. The van der Waals surface area contributed by atoms with E-state index in [0.29, 0.717) is 16.9 Å². The van der Waals surface area contributed by atoms with Crippen LogP contribution in [0.25, 0.3) is 0 Å². The Labute approximate surface area is 193 Å². The Balaban J connectivity index is 1.68. The van der Waals surface area contributed by atoms with Crippen LogP contribution in [0.4, 0.5) is 8.78 Å². The molecule has 4 rings (SSSR count). The zero-order valence-corrected chi connectivity index (χ0v) is 18.4. The first-order valence-electron chi connectivity index (χ1n) is 11.3. The Morgan fingerprint density at radius 3 is 2.30 bits per heavy atom. The number of benzene rings is 3. The van der Waals surface area contributed by atoms with Crippen molar-refractivity contribution in [1.29, 1.82) is 0 Å². The molecule has 3 aromatic carbocycles. The van der Waals surface area contributed by atoms with E-state index in [0.717, 1.165) is 25.9 Å². The van der Waals surface area contributed by atoms with Crippen LogP contribution < -0.4 is 10.1 Å². The maximum absolute atomic E-state index is 15.0. The van der Waals surface area contributed by atoms with Crippen LogP contribution in [0.15, 0.2) is 78.9 Å². The summed E-state index contributed by atoms with van der Waals surface area (Å²) < 4.78 is 34.6. The average molecular weight is 451 g/mol. The first-order chi connectivity index (χ1) is 16.1. The number of hydrogen-bond donors (Lipinski definition) is 1. The van der Waals surface area contributed by atoms with E-state index in [2.05, 4.69) is 5.32 Å². The van der Waals surface area contributed by atoms with Gasteiger partial charge in [0.05, 0.1) is 12.6 Å². The first kappa shape index (κ1) is 22.9. The van der Waals surface area contributed by atoms with Gasteiger partial charge in [0, 0.05) is 11.5 Å². The number of ether oxygens (including phenoxy) is 1. The predicted octanol–water partition coefficient (Wildman–Crippen LogP) is 4.96. The molecule has 4 nitrogen and oxygen atoms in total. The third-order valence-electron chi connectivity index (χ3n) is 6.01. The molecule has 0 aliphatic carbocycles. The molecule has 33 heavy (non-hydrogen) atoms. The molecule has 0 aromatic heterocycles. The molecule has 0 bridgehead atoms. The Morgan fingerprint density at radius 2 is 1.61 bits per heavy atom. The number of carbonyl (C=O) groups excluding carboxylic acids is 1. The minimum atomic E-state index is -0.687. The van der Waals surface area contributed by atoms with Gasteiger partial charge in [0.15, 0.2) is 0 Å². The van der Waals surface area contributed by atoms with Crippen molar-refractivity contribution in [3.63, 3.8) is 0 Å². The van der Waals surface area contributed by atoms with Gasteiger partial charge >= 0.3 is 0 Å². The summed E-state index contributed by atoms with van der Waals surface area (Å²) in [5.74, 6) is -0.270. The summed E-state index contributed by atoms with van der Waals surface area (Å²) in [6, 6.07) is 21.1. The summed E-state index contributed by atoms with van der Waals surface area (Å²) >= 11 is 0. The molecule has 0 saturated carbocycles. The molecule has 1 amide bonds. The Kier molecular flexibility index (Phi) is 7.68. The highest BCUT2D eigenvalue weighted by Crippen LogP contribution is 2.33. The largest absolute Gasteiger partial charge is 0.492 e. The van der Waals surface area contributed by atoms with Crippen molar-refractivity contribution in [2.75, 3.05) is 26.2 Å². The van der Waals surface area contributed by atoms with E-state index in [-0.39, 0.29) is 30.8 Å². The Morgan fingerprint density at radius 1 is 0.939 bits per heavy atom. The number of piperidine rings is 1. The van der Waals surface area contributed by atoms with Gasteiger partial charge in [0.2, 0.25) is 5.91 Å². The number of rotatable bonds is 8. The molecule has 0 spiro atoms. The third kappa shape index (κ3) is 5.76. The number of halogens is 2. The SMILES string of the molecule is O=C(C1CCNCC1)N(CCOc1ccccc1)C(c1ccc(F)cc1)c1ccccc1F. The maximum atomic E-state index is 15.0. The molecule has 1 unspecified atom stereocenters. The number of nitrogens with one attached hydrogen (secondary N) is 1. The third-order valence-corrected chi connectivity index (χ3v) is 6.01. The molecule has 172 valence electrons. The van der Waals surface area contributed by atoms with Crippen molar-refractivity contribution in [2.45, 2.75) is 18.9 Å². The van der Waals surface area contributed by atoms with Crippen molar-refractivity contribution in [2.24, 2.45) is 5.92 Å². The van der Waals surface area contributed by atoms with Gasteiger partial charge in [-0.05, 0) is 61.8 Å². The average Bonchev–Trinajstić information content (AvgIpc) is 2.86. The van der Waals surface area contributed by atoms with E-state index < -0.39 is 11.9 Å². The second-order valence-corrected chi connectivity index (χ2v) is 8.19. The lowest BCUT2D eigenvalue weighted by molar-refractivity contribution is -0.138. The summed E-state index contributed by atoms with van der Waals surface area (Å²) in [6.07, 6.45) is 1.45. The molecular formula is C27H28F2N2O2. The second-order valence-electron chi connectivity index (χ2n) is 8.19. The molecule has 3 aromatic rings. The molecule has 1 heterocycles. The standard InChI is InChI=1S/C27H28F2N2O2/c28-22-12-10-20(11-13-22)26(24-8-4-5-9-25(24)29)31(27(32)21-14-16-30-17-15-21)18-19-33-23-6-2-1-3-7-23/h1-13,21,26,30H,14-19H2. The number of carbonyl (C=O) groups is 1. The highest BCUT2D eigenvalue weighted by molar-refractivity contribution is 5.80. The van der Waals surface area contributed by atoms with E-state index in [1.165, 1.54) is 18.2 Å². The number of amides is 1. The molecule has 0 radical (unpaired) electrons. The molecule has 1 aliphatic heterocycles. The van der Waals surface area contributed by atoms with E-state index in [1.54, 1.807) is 35.2 Å². The van der Waals surface area contributed by atoms with Crippen LogP contribution in [0.2, 0.25) is 0 Å². The van der Waals surface area contributed by atoms with Gasteiger partial charge in [-0.3, -0.25) is 4.79 Å². The summed E-state index contributed by atoms with van der Waals surface area (Å²) in [6.45, 7) is 2.07. The first-order valence-corrected chi connectivity index (χ1v) is 11.3.